The van der Waals surface area contributed by atoms with Crippen LogP contribution in [0, 0.1) is 0 Å². The molecule has 0 bridgehead atoms. The third-order valence-electron chi connectivity index (χ3n) is 4.29. The Kier molecular flexibility index (Phi) is 3.90. The molecular weight excluding hydrogens is 345 g/mol. The Morgan fingerprint density at radius 2 is 1.80 bits per heavy atom. The molecule has 1 aliphatic rings. The van der Waals surface area contributed by atoms with Gasteiger partial charge in [-0.05, 0) is 24.6 Å². The number of aromatic nitrogens is 1. The highest BCUT2D eigenvalue weighted by Crippen LogP contribution is 2.47. The second-order valence-electron chi connectivity index (χ2n) is 5.83. The molecule has 3 rings (SSSR count). The van der Waals surface area contributed by atoms with E-state index in [2.05, 4.69) is 4.98 Å². The Morgan fingerprint density at radius 3 is 2.40 bits per heavy atom. The lowest BCUT2D eigenvalue weighted by molar-refractivity contribution is -0.289. The van der Waals surface area contributed by atoms with Gasteiger partial charge in [-0.3, -0.25) is 9.78 Å². The minimum absolute atomic E-state index is 0.0743. The van der Waals surface area contributed by atoms with Crippen LogP contribution in [-0.2, 0) is 11.5 Å². The van der Waals surface area contributed by atoms with Gasteiger partial charge in [0.05, 0.1) is 5.69 Å². The Balaban J connectivity index is 2.21. The van der Waals surface area contributed by atoms with E-state index in [1.54, 1.807) is 12.1 Å². The van der Waals surface area contributed by atoms with Crippen LogP contribution in [0.15, 0.2) is 42.6 Å². The van der Waals surface area contributed by atoms with E-state index in [0.29, 0.717) is 12.1 Å². The zero-order valence-electron chi connectivity index (χ0n) is 12.6. The number of carbonyl (C=O) groups is 1. The van der Waals surface area contributed by atoms with Crippen molar-refractivity contribution < 1.29 is 31.9 Å². The minimum atomic E-state index is -5.79. The standard InChI is InChI=1S/C17H12F5NO2/c18-16(19,17(20,21)22)10-4-5-11-12(9-10)15(25,7-6-13(11)24)14-3-1-2-8-23-14/h1-5,8-9,25H,6-7H2. The van der Waals surface area contributed by atoms with Crippen molar-refractivity contribution in [3.63, 3.8) is 0 Å². The van der Waals surface area contributed by atoms with Crippen LogP contribution in [0.2, 0.25) is 0 Å². The van der Waals surface area contributed by atoms with Crippen LogP contribution in [-0.4, -0.2) is 22.1 Å². The van der Waals surface area contributed by atoms with Crippen LogP contribution >= 0.6 is 0 Å². The molecule has 2 aromatic rings. The van der Waals surface area contributed by atoms with E-state index in [4.69, 9.17) is 0 Å². The fourth-order valence-electron chi connectivity index (χ4n) is 2.93. The highest BCUT2D eigenvalue weighted by molar-refractivity contribution is 5.99. The van der Waals surface area contributed by atoms with Crippen molar-refractivity contribution in [1.82, 2.24) is 4.98 Å². The number of alkyl halides is 5. The van der Waals surface area contributed by atoms with Gasteiger partial charge in [0.15, 0.2) is 5.78 Å². The predicted octanol–water partition coefficient (Wildman–Crippen LogP) is 3.95. The monoisotopic (exact) mass is 357 g/mol. The Labute approximate surface area is 139 Å². The maximum atomic E-state index is 13.7. The van der Waals surface area contributed by atoms with Crippen LogP contribution in [0.5, 0.6) is 0 Å². The molecule has 1 aromatic heterocycles. The maximum Gasteiger partial charge on any atom is 0.458 e. The topological polar surface area (TPSA) is 50.2 Å². The Morgan fingerprint density at radius 1 is 1.08 bits per heavy atom. The minimum Gasteiger partial charge on any atom is -0.379 e. The molecule has 132 valence electrons. The Bertz CT molecular complexity index is 820. The molecule has 25 heavy (non-hydrogen) atoms. The highest BCUT2D eigenvalue weighted by Gasteiger charge is 2.59. The number of carbonyl (C=O) groups excluding carboxylic acids is 1. The van der Waals surface area contributed by atoms with Gasteiger partial charge in [0.2, 0.25) is 0 Å². The van der Waals surface area contributed by atoms with Crippen molar-refractivity contribution in [3.8, 4) is 0 Å². The predicted molar refractivity (Wildman–Crippen MR) is 77.2 cm³/mol. The van der Waals surface area contributed by atoms with Gasteiger partial charge in [-0.1, -0.05) is 18.2 Å². The van der Waals surface area contributed by atoms with Gasteiger partial charge in [0.1, 0.15) is 5.60 Å². The summed E-state index contributed by atoms with van der Waals surface area (Å²) in [6.07, 6.45) is -4.66. The zero-order chi connectivity index (χ0) is 18.5. The molecule has 0 spiro atoms. The molecule has 3 nitrogen and oxygen atoms in total. The molecule has 0 fully saturated rings. The van der Waals surface area contributed by atoms with Crippen LogP contribution in [0.1, 0.15) is 40.0 Å². The molecule has 1 aliphatic carbocycles. The molecule has 1 heterocycles. The van der Waals surface area contributed by atoms with Crippen LogP contribution in [0.25, 0.3) is 0 Å². The smallest absolute Gasteiger partial charge is 0.379 e. The quantitative estimate of drug-likeness (QED) is 0.828. The zero-order valence-corrected chi connectivity index (χ0v) is 12.6. The molecular formula is C17H12F5NO2. The van der Waals surface area contributed by atoms with Crippen LogP contribution < -0.4 is 0 Å². The van der Waals surface area contributed by atoms with Crippen LogP contribution in [0.3, 0.4) is 0 Å². The lowest BCUT2D eigenvalue weighted by Gasteiger charge is -2.34. The first kappa shape index (κ1) is 17.5. The number of hydrogen-bond donors (Lipinski definition) is 1. The summed E-state index contributed by atoms with van der Waals surface area (Å²) in [7, 11) is 0. The van der Waals surface area contributed by atoms with Gasteiger partial charge in [-0.25, -0.2) is 0 Å². The molecule has 0 radical (unpaired) electrons. The molecule has 0 saturated heterocycles. The second-order valence-corrected chi connectivity index (χ2v) is 5.83. The first-order valence-electron chi connectivity index (χ1n) is 7.34. The van der Waals surface area contributed by atoms with E-state index in [-0.39, 0.29) is 29.7 Å². The molecule has 1 aromatic carbocycles. The van der Waals surface area contributed by atoms with E-state index in [0.717, 1.165) is 6.07 Å². The SMILES string of the molecule is O=C1CCC(O)(c2ccccn2)c2cc(C(F)(F)C(F)(F)F)ccc21. The maximum absolute atomic E-state index is 13.7. The number of fused-ring (bicyclic) bond motifs is 1. The summed E-state index contributed by atoms with van der Waals surface area (Å²) in [4.78, 5) is 16.0. The van der Waals surface area contributed by atoms with Crippen molar-refractivity contribution >= 4 is 5.78 Å². The first-order valence-corrected chi connectivity index (χ1v) is 7.34. The van der Waals surface area contributed by atoms with Gasteiger partial charge >= 0.3 is 12.1 Å². The summed E-state index contributed by atoms with van der Waals surface area (Å²) >= 11 is 0. The highest BCUT2D eigenvalue weighted by atomic mass is 19.4. The van der Waals surface area contributed by atoms with Gasteiger partial charge in [0, 0.05) is 29.3 Å². The third kappa shape index (κ3) is 2.70. The van der Waals surface area contributed by atoms with Gasteiger partial charge < -0.3 is 5.11 Å². The van der Waals surface area contributed by atoms with Crippen molar-refractivity contribution in [3.05, 3.63) is 65.0 Å². The second kappa shape index (κ2) is 5.59. The van der Waals surface area contributed by atoms with E-state index >= 15 is 0 Å². The lowest BCUT2D eigenvalue weighted by Crippen LogP contribution is -2.37. The van der Waals surface area contributed by atoms with Crippen molar-refractivity contribution in [2.24, 2.45) is 0 Å². The largest absolute Gasteiger partial charge is 0.458 e. The summed E-state index contributed by atoms with van der Waals surface area (Å²) in [6, 6.07) is 6.55. The fourth-order valence-corrected chi connectivity index (χ4v) is 2.93. The van der Waals surface area contributed by atoms with Crippen LogP contribution in [0.4, 0.5) is 22.0 Å². The van der Waals surface area contributed by atoms with Gasteiger partial charge in [0.25, 0.3) is 0 Å². The summed E-state index contributed by atoms with van der Waals surface area (Å²) < 4.78 is 65.3. The number of ketones is 1. The van der Waals surface area contributed by atoms with E-state index in [1.165, 1.54) is 12.3 Å². The number of Topliss-reactive ketones (excluding diaryl/α,β-unsaturated/α-hetero) is 1. The third-order valence-corrected chi connectivity index (χ3v) is 4.29. The van der Waals surface area contributed by atoms with E-state index in [9.17, 15) is 31.9 Å². The normalized spacial score (nSPS) is 21.1. The molecule has 1 N–H and O–H groups in total. The van der Waals surface area contributed by atoms with E-state index < -0.39 is 29.0 Å². The van der Waals surface area contributed by atoms with Crippen molar-refractivity contribution in [1.29, 1.82) is 0 Å². The Hall–Kier alpha value is -2.35. The summed E-state index contributed by atoms with van der Waals surface area (Å²) in [6.45, 7) is 0. The van der Waals surface area contributed by atoms with E-state index in [1.807, 2.05) is 0 Å². The number of halogens is 5. The van der Waals surface area contributed by atoms with Gasteiger partial charge in [-0.2, -0.15) is 22.0 Å². The molecule has 0 saturated carbocycles. The number of nitrogens with zero attached hydrogens (tertiary/aromatic N) is 1. The molecule has 0 aliphatic heterocycles. The molecule has 0 amide bonds. The first-order chi connectivity index (χ1) is 11.6. The van der Waals surface area contributed by atoms with Crippen molar-refractivity contribution in [2.75, 3.05) is 0 Å². The number of aliphatic hydroxyl groups is 1. The molecule has 1 unspecified atom stereocenters. The van der Waals surface area contributed by atoms with Crippen molar-refractivity contribution in [2.45, 2.75) is 30.5 Å². The fraction of sp³-hybridized carbons (Fsp3) is 0.294. The lowest BCUT2D eigenvalue weighted by atomic mass is 9.75. The number of benzene rings is 1. The number of rotatable bonds is 2. The number of pyridine rings is 1. The average Bonchev–Trinajstić information content (AvgIpc) is 2.58. The summed E-state index contributed by atoms with van der Waals surface area (Å²) in [5, 5.41) is 11.0. The summed E-state index contributed by atoms with van der Waals surface area (Å²) in [5.41, 5.74) is -3.54. The summed E-state index contributed by atoms with van der Waals surface area (Å²) in [5.74, 6) is -5.54. The molecule has 8 heteroatoms. The number of hydrogen-bond acceptors (Lipinski definition) is 3. The molecule has 1 atom stereocenters. The average molecular weight is 357 g/mol. The van der Waals surface area contributed by atoms with Gasteiger partial charge in [-0.15, -0.1) is 0 Å².